The first-order valence-corrected chi connectivity index (χ1v) is 13.7. The Morgan fingerprint density at radius 2 is 1.63 bits per heavy atom. The average molecular weight is 562 g/mol. The number of carbonyl (C=O) groups is 1. The quantitative estimate of drug-likeness (QED) is 0.304. The number of aromatic nitrogens is 1. The minimum atomic E-state index is -0.962. The minimum Gasteiger partial charge on any atom is -0.463 e. The largest absolute Gasteiger partial charge is 0.463 e. The van der Waals surface area contributed by atoms with Crippen LogP contribution in [-0.4, -0.2) is 17.1 Å². The Bertz CT molecular complexity index is 2020. The molecule has 8 nitrogen and oxygen atoms in total. The molecule has 4 heterocycles. The second kappa shape index (κ2) is 10.7. The Morgan fingerprint density at radius 3 is 2.27 bits per heavy atom. The first kappa shape index (κ1) is 25.9. The molecule has 0 saturated carbocycles. The Morgan fingerprint density at radius 1 is 1.00 bits per heavy atom. The van der Waals surface area contributed by atoms with E-state index in [1.807, 2.05) is 66.7 Å². The van der Waals surface area contributed by atoms with Crippen LogP contribution in [0.25, 0.3) is 40.1 Å². The van der Waals surface area contributed by atoms with Gasteiger partial charge in [-0.2, -0.15) is 5.26 Å². The van der Waals surface area contributed by atoms with Gasteiger partial charge in [-0.25, -0.2) is 4.79 Å². The number of hydrogen-bond acceptors (Lipinski definition) is 8. The molecule has 2 N–H and O–H groups in total. The lowest BCUT2D eigenvalue weighted by atomic mass is 9.88. The third-order valence-corrected chi connectivity index (χ3v) is 7.80. The minimum absolute atomic E-state index is 0.0188. The van der Waals surface area contributed by atoms with Crippen LogP contribution in [0.15, 0.2) is 104 Å². The summed E-state index contributed by atoms with van der Waals surface area (Å²) in [6.45, 7) is 1.79. The third kappa shape index (κ3) is 4.60. The zero-order valence-corrected chi connectivity index (χ0v) is 22.7. The van der Waals surface area contributed by atoms with Crippen LogP contribution in [0.1, 0.15) is 24.4 Å². The number of thiazole rings is 1. The summed E-state index contributed by atoms with van der Waals surface area (Å²) < 4.78 is 19.3. The van der Waals surface area contributed by atoms with Gasteiger partial charge in [0.15, 0.2) is 0 Å². The van der Waals surface area contributed by atoms with Gasteiger partial charge in [-0.1, -0.05) is 60.7 Å². The summed E-state index contributed by atoms with van der Waals surface area (Å²) in [7, 11) is 0. The molecular formula is C32H23N3O5S. The fraction of sp³-hybridized carbons (Fsp3) is 0.0938. The van der Waals surface area contributed by atoms with E-state index in [4.69, 9.17) is 19.3 Å². The van der Waals surface area contributed by atoms with Gasteiger partial charge in [0.05, 0.1) is 34.3 Å². The second-order valence-electron chi connectivity index (χ2n) is 9.17. The van der Waals surface area contributed by atoms with E-state index >= 15 is 0 Å². The molecule has 0 amide bonds. The highest BCUT2D eigenvalue weighted by molar-refractivity contribution is 7.07. The Labute approximate surface area is 238 Å². The van der Waals surface area contributed by atoms with Gasteiger partial charge in [0.2, 0.25) is 0 Å². The van der Waals surface area contributed by atoms with Crippen molar-refractivity contribution in [2.45, 2.75) is 12.8 Å². The number of benzene rings is 2. The molecule has 202 valence electrons. The summed E-state index contributed by atoms with van der Waals surface area (Å²) in [6.07, 6.45) is 1.60. The lowest BCUT2D eigenvalue weighted by molar-refractivity contribution is -0.136. The van der Waals surface area contributed by atoms with Gasteiger partial charge in [0.1, 0.15) is 33.5 Å². The Hall–Kier alpha value is -5.33. The normalized spacial score (nSPS) is 15.1. The number of furan rings is 2. The molecule has 0 spiro atoms. The molecule has 6 rings (SSSR count). The van der Waals surface area contributed by atoms with Gasteiger partial charge in [-0.3, -0.25) is 9.36 Å². The molecule has 0 bridgehead atoms. The standard InChI is InChI=1S/C32H23N3O5S/c1-2-38-32(37)28-27(25-16-15-24(40-25)20-11-7-4-8-12-20)22(18-33)29(34)35-30(36)26(41-31(28)35)17-21-13-14-23(39-21)19-9-5-3-6-10-19/h3-17,27H,2,34H2,1H3/t27-/m1/s1. The molecule has 2 aromatic carbocycles. The molecule has 9 heteroatoms. The molecule has 0 unspecified atom stereocenters. The molecule has 3 aromatic heterocycles. The molecular weight excluding hydrogens is 538 g/mol. The van der Waals surface area contributed by atoms with E-state index in [1.165, 1.54) is 4.57 Å². The molecule has 1 aliphatic heterocycles. The van der Waals surface area contributed by atoms with E-state index in [1.54, 1.807) is 31.2 Å². The third-order valence-electron chi connectivity index (χ3n) is 6.69. The van der Waals surface area contributed by atoms with Gasteiger partial charge in [-0.15, -0.1) is 11.3 Å². The number of nitrogens with two attached hydrogens (primary N) is 1. The zero-order chi connectivity index (χ0) is 28.5. The van der Waals surface area contributed by atoms with Crippen molar-refractivity contribution in [1.29, 1.82) is 5.26 Å². The zero-order valence-electron chi connectivity index (χ0n) is 21.9. The van der Waals surface area contributed by atoms with Crippen LogP contribution in [0.2, 0.25) is 0 Å². The van der Waals surface area contributed by atoms with E-state index in [9.17, 15) is 14.9 Å². The summed E-state index contributed by atoms with van der Waals surface area (Å²) >= 11 is 1.07. The SMILES string of the molecule is CCOC(=O)C1=c2sc(=Cc3ccc(-c4ccccc4)o3)c(=O)n2C(N)=C(C#N)[C@@H]1c1ccc(-c2ccccc2)o1. The lowest BCUT2D eigenvalue weighted by Gasteiger charge is -2.22. The van der Waals surface area contributed by atoms with Crippen molar-refractivity contribution in [3.05, 3.63) is 122 Å². The van der Waals surface area contributed by atoms with Crippen LogP contribution in [0, 0.1) is 11.3 Å². The maximum atomic E-state index is 13.6. The monoisotopic (exact) mass is 561 g/mol. The average Bonchev–Trinajstić information content (AvgIpc) is 3.74. The number of carbonyl (C=O) groups excluding carboxylic acids is 1. The lowest BCUT2D eigenvalue weighted by Crippen LogP contribution is -2.40. The van der Waals surface area contributed by atoms with E-state index in [0.29, 0.717) is 23.0 Å². The summed E-state index contributed by atoms with van der Waals surface area (Å²) in [6, 6.07) is 28.2. The molecule has 5 aromatic rings. The van der Waals surface area contributed by atoms with Crippen molar-refractivity contribution >= 4 is 34.8 Å². The fourth-order valence-corrected chi connectivity index (χ4v) is 5.97. The number of esters is 1. The second-order valence-corrected chi connectivity index (χ2v) is 10.2. The van der Waals surface area contributed by atoms with Gasteiger partial charge in [-0.05, 0) is 31.2 Å². The van der Waals surface area contributed by atoms with Crippen LogP contribution in [0.4, 0.5) is 0 Å². The van der Waals surface area contributed by atoms with Gasteiger partial charge in [0.25, 0.3) is 5.56 Å². The van der Waals surface area contributed by atoms with Crippen molar-refractivity contribution in [1.82, 2.24) is 4.57 Å². The van der Waals surface area contributed by atoms with Crippen LogP contribution in [-0.2, 0) is 9.53 Å². The van der Waals surface area contributed by atoms with Crippen LogP contribution in [0.5, 0.6) is 0 Å². The van der Waals surface area contributed by atoms with Gasteiger partial charge in [0, 0.05) is 17.2 Å². The number of nitriles is 1. The summed E-state index contributed by atoms with van der Waals surface area (Å²) in [4.78, 5) is 27.0. The van der Waals surface area contributed by atoms with Crippen molar-refractivity contribution in [2.75, 3.05) is 6.61 Å². The Balaban J connectivity index is 1.55. The predicted octanol–water partition coefficient (Wildman–Crippen LogP) is 4.42. The highest BCUT2D eigenvalue weighted by Gasteiger charge is 2.38. The first-order valence-electron chi connectivity index (χ1n) is 12.9. The first-order chi connectivity index (χ1) is 20.0. The number of hydrogen-bond donors (Lipinski definition) is 1. The van der Waals surface area contributed by atoms with Crippen molar-refractivity contribution in [3.63, 3.8) is 0 Å². The molecule has 0 aliphatic carbocycles. The topological polar surface area (TPSA) is 124 Å². The number of ether oxygens (including phenoxy) is 1. The molecule has 1 atom stereocenters. The van der Waals surface area contributed by atoms with Crippen LogP contribution >= 0.6 is 11.3 Å². The molecule has 0 fully saturated rings. The summed E-state index contributed by atoms with van der Waals surface area (Å²) in [5.74, 6) is 0.310. The highest BCUT2D eigenvalue weighted by atomic mass is 32.1. The predicted molar refractivity (Wildman–Crippen MR) is 155 cm³/mol. The van der Waals surface area contributed by atoms with E-state index in [-0.39, 0.29) is 32.8 Å². The molecule has 41 heavy (non-hydrogen) atoms. The molecule has 0 radical (unpaired) electrons. The van der Waals surface area contributed by atoms with Gasteiger partial charge >= 0.3 is 5.97 Å². The van der Waals surface area contributed by atoms with Crippen LogP contribution in [0.3, 0.4) is 0 Å². The number of allylic oxidation sites excluding steroid dienone is 1. The number of rotatable bonds is 6. The molecule has 0 saturated heterocycles. The van der Waals surface area contributed by atoms with Crippen molar-refractivity contribution in [3.8, 4) is 28.7 Å². The maximum absolute atomic E-state index is 13.6. The van der Waals surface area contributed by atoms with Crippen molar-refractivity contribution in [2.24, 2.45) is 5.73 Å². The Kier molecular flexibility index (Phi) is 6.75. The van der Waals surface area contributed by atoms with Crippen molar-refractivity contribution < 1.29 is 18.4 Å². The summed E-state index contributed by atoms with van der Waals surface area (Å²) in [5, 5.41) is 10.2. The molecule has 1 aliphatic rings. The van der Waals surface area contributed by atoms with Gasteiger partial charge < -0.3 is 19.3 Å². The summed E-state index contributed by atoms with van der Waals surface area (Å²) in [5.41, 5.74) is 7.84. The number of nitrogens with zero attached hydrogens (tertiary/aromatic N) is 2. The van der Waals surface area contributed by atoms with E-state index in [0.717, 1.165) is 22.5 Å². The fourth-order valence-electron chi connectivity index (χ4n) is 4.82. The highest BCUT2D eigenvalue weighted by Crippen LogP contribution is 2.39. The van der Waals surface area contributed by atoms with E-state index in [2.05, 4.69) is 6.07 Å². The van der Waals surface area contributed by atoms with Crippen LogP contribution < -0.4 is 20.5 Å². The smallest absolute Gasteiger partial charge is 0.338 e. The number of fused-ring (bicyclic) bond motifs is 1. The van der Waals surface area contributed by atoms with E-state index < -0.39 is 17.4 Å². The maximum Gasteiger partial charge on any atom is 0.338 e.